The van der Waals surface area contributed by atoms with Gasteiger partial charge in [-0.3, -0.25) is 14.9 Å². The minimum Gasteiger partial charge on any atom is -0.346 e. The Hall–Kier alpha value is -2.66. The van der Waals surface area contributed by atoms with E-state index < -0.39 is 6.04 Å². The van der Waals surface area contributed by atoms with Gasteiger partial charge in [0.15, 0.2) is 0 Å². The van der Waals surface area contributed by atoms with E-state index >= 15 is 0 Å². The third kappa shape index (κ3) is 6.99. The topological polar surface area (TPSA) is 70.2 Å². The molecule has 30 heavy (non-hydrogen) atoms. The van der Waals surface area contributed by atoms with Crippen molar-refractivity contribution in [3.8, 4) is 0 Å². The molecule has 0 unspecified atom stereocenters. The molecule has 5 heteroatoms. The molecular weight excluding hydrogens is 374 g/mol. The number of nitrogens with one attached hydrogen (secondary N) is 3. The van der Waals surface area contributed by atoms with E-state index in [1.807, 2.05) is 45.9 Å². The Labute approximate surface area is 180 Å². The standard InChI is InChI=1S/C25H35N3O2/c1-16(2)14-21-10-12-22(13-11-21)19(5)27-20(6)25(30)26-15-23(29)28-24-17(3)8-7-9-18(24)4/h7-13,16,19-20,27H,14-15H2,1-6H3,(H,26,30)(H,28,29)/t19-,20-/m0/s1. The van der Waals surface area contributed by atoms with Gasteiger partial charge in [0, 0.05) is 11.7 Å². The van der Waals surface area contributed by atoms with Crippen molar-refractivity contribution in [1.82, 2.24) is 10.6 Å². The van der Waals surface area contributed by atoms with Crippen LogP contribution in [0, 0.1) is 19.8 Å². The van der Waals surface area contributed by atoms with Crippen molar-refractivity contribution in [3.63, 3.8) is 0 Å². The monoisotopic (exact) mass is 409 g/mol. The molecule has 5 nitrogen and oxygen atoms in total. The van der Waals surface area contributed by atoms with E-state index in [1.54, 1.807) is 0 Å². The zero-order valence-electron chi connectivity index (χ0n) is 19.0. The van der Waals surface area contributed by atoms with E-state index in [1.165, 1.54) is 5.56 Å². The Morgan fingerprint density at radius 2 is 1.50 bits per heavy atom. The quantitative estimate of drug-likeness (QED) is 0.578. The number of benzene rings is 2. The van der Waals surface area contributed by atoms with Gasteiger partial charge in [-0.15, -0.1) is 0 Å². The zero-order valence-corrected chi connectivity index (χ0v) is 19.0. The maximum Gasteiger partial charge on any atom is 0.243 e. The molecular formula is C25H35N3O2. The van der Waals surface area contributed by atoms with Gasteiger partial charge in [0.2, 0.25) is 11.8 Å². The number of amides is 2. The number of hydrogen-bond donors (Lipinski definition) is 3. The van der Waals surface area contributed by atoms with Crippen molar-refractivity contribution in [2.45, 2.75) is 60.0 Å². The van der Waals surface area contributed by atoms with Crippen molar-refractivity contribution < 1.29 is 9.59 Å². The molecule has 0 saturated carbocycles. The highest BCUT2D eigenvalue weighted by molar-refractivity contribution is 5.96. The molecule has 2 amide bonds. The summed E-state index contributed by atoms with van der Waals surface area (Å²) in [4.78, 5) is 24.7. The van der Waals surface area contributed by atoms with Crippen LogP contribution in [0.3, 0.4) is 0 Å². The first-order chi connectivity index (χ1) is 14.2. The number of para-hydroxylation sites is 1. The molecule has 0 aliphatic carbocycles. The molecule has 0 spiro atoms. The maximum atomic E-state index is 12.4. The summed E-state index contributed by atoms with van der Waals surface area (Å²) in [5, 5.41) is 8.90. The van der Waals surface area contributed by atoms with Crippen molar-refractivity contribution in [2.75, 3.05) is 11.9 Å². The second-order valence-electron chi connectivity index (χ2n) is 8.48. The van der Waals surface area contributed by atoms with Gasteiger partial charge >= 0.3 is 0 Å². The molecule has 0 aromatic heterocycles. The van der Waals surface area contributed by atoms with E-state index in [4.69, 9.17) is 0 Å². The summed E-state index contributed by atoms with van der Waals surface area (Å²) in [6.45, 7) is 12.1. The lowest BCUT2D eigenvalue weighted by molar-refractivity contribution is -0.125. The minimum absolute atomic E-state index is 0.0299. The summed E-state index contributed by atoms with van der Waals surface area (Å²) in [6.07, 6.45) is 1.06. The summed E-state index contributed by atoms with van der Waals surface area (Å²) in [7, 11) is 0. The number of rotatable bonds is 9. The number of anilines is 1. The van der Waals surface area contributed by atoms with Gasteiger partial charge in [0.1, 0.15) is 0 Å². The Kier molecular flexibility index (Phi) is 8.60. The van der Waals surface area contributed by atoms with Crippen LogP contribution in [-0.2, 0) is 16.0 Å². The fraction of sp³-hybridized carbons (Fsp3) is 0.440. The summed E-state index contributed by atoms with van der Waals surface area (Å²) >= 11 is 0. The molecule has 2 rings (SSSR count). The fourth-order valence-corrected chi connectivity index (χ4v) is 3.48. The first kappa shape index (κ1) is 23.6. The molecule has 2 aromatic carbocycles. The molecule has 2 atom stereocenters. The normalized spacial score (nSPS) is 13.0. The van der Waals surface area contributed by atoms with Gasteiger partial charge in [-0.25, -0.2) is 0 Å². The van der Waals surface area contributed by atoms with E-state index in [9.17, 15) is 9.59 Å². The summed E-state index contributed by atoms with van der Waals surface area (Å²) in [5.41, 5.74) is 5.25. The average molecular weight is 410 g/mol. The summed E-state index contributed by atoms with van der Waals surface area (Å²) in [6, 6.07) is 14.0. The molecule has 0 saturated heterocycles. The number of hydrogen-bond acceptors (Lipinski definition) is 3. The molecule has 2 aromatic rings. The Morgan fingerprint density at radius 3 is 2.07 bits per heavy atom. The van der Waals surface area contributed by atoms with E-state index in [-0.39, 0.29) is 24.4 Å². The van der Waals surface area contributed by atoms with Crippen LogP contribution in [0.1, 0.15) is 56.0 Å². The van der Waals surface area contributed by atoms with Gasteiger partial charge in [0.05, 0.1) is 12.6 Å². The molecule has 0 radical (unpaired) electrons. The Morgan fingerprint density at radius 1 is 0.900 bits per heavy atom. The van der Waals surface area contributed by atoms with E-state index in [2.05, 4.69) is 54.1 Å². The van der Waals surface area contributed by atoms with Gasteiger partial charge in [0.25, 0.3) is 0 Å². The highest BCUT2D eigenvalue weighted by Gasteiger charge is 2.17. The van der Waals surface area contributed by atoms with E-state index in [0.717, 1.165) is 28.8 Å². The molecule has 0 bridgehead atoms. The predicted molar refractivity (Wildman–Crippen MR) is 124 cm³/mol. The third-order valence-corrected chi connectivity index (χ3v) is 5.19. The SMILES string of the molecule is Cc1cccc(C)c1NC(=O)CNC(=O)[C@H](C)N[C@@H](C)c1ccc(CC(C)C)cc1. The van der Waals surface area contributed by atoms with Crippen LogP contribution in [0.2, 0.25) is 0 Å². The fourth-order valence-electron chi connectivity index (χ4n) is 3.48. The van der Waals surface area contributed by atoms with Crippen LogP contribution in [0.4, 0.5) is 5.69 Å². The van der Waals surface area contributed by atoms with E-state index in [0.29, 0.717) is 5.92 Å². The lowest BCUT2D eigenvalue weighted by Crippen LogP contribution is -2.45. The Bertz CT molecular complexity index is 839. The predicted octanol–water partition coefficient (Wildman–Crippen LogP) is 4.30. The molecule has 0 aliphatic heterocycles. The van der Waals surface area contributed by atoms with Crippen LogP contribution < -0.4 is 16.0 Å². The van der Waals surface area contributed by atoms with Crippen molar-refractivity contribution >= 4 is 17.5 Å². The van der Waals surface area contributed by atoms with Crippen molar-refractivity contribution in [1.29, 1.82) is 0 Å². The van der Waals surface area contributed by atoms with Gasteiger partial charge in [-0.05, 0) is 62.3 Å². The second kappa shape index (κ2) is 10.9. The first-order valence-corrected chi connectivity index (χ1v) is 10.7. The smallest absolute Gasteiger partial charge is 0.243 e. The number of aryl methyl sites for hydroxylation is 2. The van der Waals surface area contributed by atoms with Gasteiger partial charge in [-0.1, -0.05) is 56.3 Å². The highest BCUT2D eigenvalue weighted by atomic mass is 16.2. The minimum atomic E-state index is -0.414. The van der Waals surface area contributed by atoms with Crippen molar-refractivity contribution in [2.24, 2.45) is 5.92 Å². The first-order valence-electron chi connectivity index (χ1n) is 10.7. The average Bonchev–Trinajstić information content (AvgIpc) is 2.69. The molecule has 0 heterocycles. The molecule has 0 fully saturated rings. The van der Waals surface area contributed by atoms with Crippen LogP contribution >= 0.6 is 0 Å². The Balaban J connectivity index is 1.83. The van der Waals surface area contributed by atoms with Gasteiger partial charge in [-0.2, -0.15) is 0 Å². The largest absolute Gasteiger partial charge is 0.346 e. The number of carbonyl (C=O) groups is 2. The molecule has 162 valence electrons. The zero-order chi connectivity index (χ0) is 22.3. The lowest BCUT2D eigenvalue weighted by atomic mass is 9.99. The summed E-state index contributed by atoms with van der Waals surface area (Å²) < 4.78 is 0. The third-order valence-electron chi connectivity index (χ3n) is 5.19. The van der Waals surface area contributed by atoms with Crippen LogP contribution in [-0.4, -0.2) is 24.4 Å². The lowest BCUT2D eigenvalue weighted by Gasteiger charge is -2.20. The summed E-state index contributed by atoms with van der Waals surface area (Å²) in [5.74, 6) is 0.193. The second-order valence-corrected chi connectivity index (χ2v) is 8.48. The van der Waals surface area contributed by atoms with Crippen molar-refractivity contribution in [3.05, 3.63) is 64.7 Å². The molecule has 3 N–H and O–H groups in total. The van der Waals surface area contributed by atoms with Crippen LogP contribution in [0.25, 0.3) is 0 Å². The van der Waals surface area contributed by atoms with Crippen LogP contribution in [0.5, 0.6) is 0 Å². The number of carbonyl (C=O) groups excluding carboxylic acids is 2. The van der Waals surface area contributed by atoms with Gasteiger partial charge < -0.3 is 10.6 Å². The highest BCUT2D eigenvalue weighted by Crippen LogP contribution is 2.19. The van der Waals surface area contributed by atoms with Crippen LogP contribution in [0.15, 0.2) is 42.5 Å². The molecule has 0 aliphatic rings. The maximum absolute atomic E-state index is 12.4.